The van der Waals surface area contributed by atoms with Gasteiger partial charge in [-0.05, 0) is 56.8 Å². The zero-order valence-corrected chi connectivity index (χ0v) is 17.4. The van der Waals surface area contributed by atoms with Crippen molar-refractivity contribution in [1.29, 1.82) is 0 Å². The van der Waals surface area contributed by atoms with Gasteiger partial charge in [0, 0.05) is 16.0 Å². The van der Waals surface area contributed by atoms with E-state index in [1.165, 1.54) is 31.2 Å². The molecule has 1 unspecified atom stereocenters. The zero-order valence-electron chi connectivity index (χ0n) is 15.8. The van der Waals surface area contributed by atoms with Crippen molar-refractivity contribution in [3.8, 4) is 5.75 Å². The Balaban J connectivity index is 2.88. The molecular weight excluding hydrogens is 437 g/mol. The quantitative estimate of drug-likeness (QED) is 0.506. The molecule has 0 saturated carbocycles. The van der Waals surface area contributed by atoms with Gasteiger partial charge >= 0.3 is 21.6 Å². The van der Waals surface area contributed by atoms with Crippen LogP contribution in [0.15, 0.2) is 24.3 Å². The minimum absolute atomic E-state index is 0.0633. The van der Waals surface area contributed by atoms with E-state index in [0.717, 1.165) is 0 Å². The van der Waals surface area contributed by atoms with Crippen molar-refractivity contribution < 1.29 is 40.4 Å². The molecule has 1 atom stereocenters. The van der Waals surface area contributed by atoms with Crippen LogP contribution in [0.2, 0.25) is 5.02 Å². The molecule has 2 aromatic rings. The van der Waals surface area contributed by atoms with E-state index in [9.17, 15) is 31.5 Å². The number of carboxylic acid groups (broad SMARTS) is 1. The van der Waals surface area contributed by atoms with Gasteiger partial charge in [0.1, 0.15) is 0 Å². The number of aliphatic carboxylic acids is 1. The molecule has 11 heteroatoms. The maximum Gasteiger partial charge on any atom is 0.534 e. The second kappa shape index (κ2) is 7.66. The van der Waals surface area contributed by atoms with E-state index in [0.29, 0.717) is 0 Å². The fourth-order valence-corrected chi connectivity index (χ4v) is 3.33. The number of hydrogen-bond donors (Lipinski definition) is 1. The Morgan fingerprint density at radius 1 is 1.17 bits per heavy atom. The predicted molar refractivity (Wildman–Crippen MR) is 101 cm³/mol. The van der Waals surface area contributed by atoms with Crippen LogP contribution in [0.3, 0.4) is 0 Å². The predicted octanol–water partition coefficient (Wildman–Crippen LogP) is 4.97. The Hall–Kier alpha value is -2.04. The van der Waals surface area contributed by atoms with E-state index >= 15 is 0 Å². The molecule has 0 fully saturated rings. The molecular formula is C18H18ClF3O6S. The molecule has 1 N–H and O–H groups in total. The number of alkyl halides is 3. The van der Waals surface area contributed by atoms with Crippen molar-refractivity contribution in [2.75, 3.05) is 0 Å². The fraction of sp³-hybridized carbons (Fsp3) is 0.389. The Labute approximate surface area is 170 Å². The Morgan fingerprint density at radius 2 is 1.76 bits per heavy atom. The van der Waals surface area contributed by atoms with Crippen molar-refractivity contribution in [1.82, 2.24) is 0 Å². The van der Waals surface area contributed by atoms with Crippen LogP contribution in [0.25, 0.3) is 10.8 Å². The molecule has 29 heavy (non-hydrogen) atoms. The van der Waals surface area contributed by atoms with E-state index in [1.807, 2.05) is 0 Å². The number of carbonyl (C=O) groups is 1. The van der Waals surface area contributed by atoms with Crippen LogP contribution in [-0.4, -0.2) is 30.6 Å². The van der Waals surface area contributed by atoms with Gasteiger partial charge in [-0.1, -0.05) is 17.7 Å². The molecule has 0 heterocycles. The van der Waals surface area contributed by atoms with Crippen molar-refractivity contribution in [3.05, 3.63) is 40.4 Å². The van der Waals surface area contributed by atoms with Gasteiger partial charge in [-0.25, -0.2) is 4.79 Å². The van der Waals surface area contributed by atoms with Gasteiger partial charge in [0.05, 0.1) is 5.60 Å². The number of rotatable bonds is 5. The van der Waals surface area contributed by atoms with E-state index in [2.05, 4.69) is 4.18 Å². The van der Waals surface area contributed by atoms with Crippen LogP contribution >= 0.6 is 11.6 Å². The van der Waals surface area contributed by atoms with E-state index in [4.69, 9.17) is 16.3 Å². The number of carboxylic acids is 1. The molecule has 0 aliphatic rings. The lowest BCUT2D eigenvalue weighted by Crippen LogP contribution is -2.31. The fourth-order valence-electron chi connectivity index (χ4n) is 2.65. The summed E-state index contributed by atoms with van der Waals surface area (Å²) < 4.78 is 72.3. The van der Waals surface area contributed by atoms with Crippen LogP contribution < -0.4 is 4.18 Å². The first-order valence-corrected chi connectivity index (χ1v) is 9.96. The third kappa shape index (κ3) is 5.12. The summed E-state index contributed by atoms with van der Waals surface area (Å²) in [5, 5.41) is 10.1. The number of halogens is 4. The van der Waals surface area contributed by atoms with Gasteiger partial charge in [0.15, 0.2) is 11.9 Å². The number of aryl methyl sites for hydroxylation is 1. The summed E-state index contributed by atoms with van der Waals surface area (Å²) >= 11 is 5.91. The first kappa shape index (κ1) is 23.2. The summed E-state index contributed by atoms with van der Waals surface area (Å²) in [6.07, 6.45) is -1.78. The Morgan fingerprint density at radius 3 is 2.24 bits per heavy atom. The molecule has 160 valence electrons. The third-order valence-corrected chi connectivity index (χ3v) is 4.92. The molecule has 0 aliphatic carbocycles. The summed E-state index contributed by atoms with van der Waals surface area (Å²) in [5.41, 5.74) is -6.90. The van der Waals surface area contributed by atoms with Gasteiger partial charge in [0.2, 0.25) is 0 Å². The van der Waals surface area contributed by atoms with Gasteiger partial charge in [-0.15, -0.1) is 0 Å². The van der Waals surface area contributed by atoms with E-state index in [1.54, 1.807) is 20.8 Å². The number of fused-ring (bicyclic) bond motifs is 1. The summed E-state index contributed by atoms with van der Waals surface area (Å²) in [7, 11) is -6.08. The van der Waals surface area contributed by atoms with Crippen molar-refractivity contribution in [2.45, 2.75) is 44.9 Å². The average Bonchev–Trinajstić information content (AvgIpc) is 2.50. The summed E-state index contributed by atoms with van der Waals surface area (Å²) in [4.78, 5) is 11.9. The Bertz CT molecular complexity index is 1060. The molecule has 0 radical (unpaired) electrons. The monoisotopic (exact) mass is 454 g/mol. The van der Waals surface area contributed by atoms with Crippen LogP contribution in [0.4, 0.5) is 13.2 Å². The SMILES string of the molecule is Cc1cc2cc(Cl)ccc2c(OS(=O)(=O)C(F)(F)F)c1C(OC(C)(C)C)C(=O)O. The van der Waals surface area contributed by atoms with Crippen LogP contribution in [-0.2, 0) is 19.6 Å². The topological polar surface area (TPSA) is 89.9 Å². The minimum Gasteiger partial charge on any atom is -0.479 e. The molecule has 0 aliphatic heterocycles. The van der Waals surface area contributed by atoms with Gasteiger partial charge in [-0.3, -0.25) is 0 Å². The maximum absolute atomic E-state index is 13.0. The molecule has 0 saturated heterocycles. The van der Waals surface area contributed by atoms with Gasteiger partial charge in [0.25, 0.3) is 0 Å². The smallest absolute Gasteiger partial charge is 0.479 e. The minimum atomic E-state index is -6.08. The maximum atomic E-state index is 13.0. The summed E-state index contributed by atoms with van der Waals surface area (Å²) in [5.74, 6) is -2.30. The molecule has 0 bridgehead atoms. The molecule has 2 rings (SSSR count). The zero-order chi connectivity index (χ0) is 22.4. The highest BCUT2D eigenvalue weighted by atomic mass is 35.5. The standard InChI is InChI=1S/C18H18ClF3O6S/c1-9-7-10-8-11(19)5-6-12(10)14(28-29(25,26)18(20,21)22)13(9)15(16(23)24)27-17(2,3)4/h5-8,15H,1-4H3,(H,23,24). The molecule has 0 amide bonds. The summed E-state index contributed by atoms with van der Waals surface area (Å²) in [6.45, 7) is 6.05. The molecule has 2 aromatic carbocycles. The third-order valence-electron chi connectivity index (χ3n) is 3.73. The molecule has 6 nitrogen and oxygen atoms in total. The van der Waals surface area contributed by atoms with Crippen molar-refractivity contribution in [2.24, 2.45) is 0 Å². The van der Waals surface area contributed by atoms with E-state index in [-0.39, 0.29) is 26.9 Å². The van der Waals surface area contributed by atoms with Crippen LogP contribution in [0.5, 0.6) is 5.75 Å². The van der Waals surface area contributed by atoms with Gasteiger partial charge in [-0.2, -0.15) is 21.6 Å². The van der Waals surface area contributed by atoms with Gasteiger partial charge < -0.3 is 14.0 Å². The van der Waals surface area contributed by atoms with Crippen LogP contribution in [0.1, 0.15) is 38.0 Å². The highest BCUT2D eigenvalue weighted by Crippen LogP contribution is 2.42. The molecule has 0 spiro atoms. The lowest BCUT2D eigenvalue weighted by atomic mass is 9.96. The highest BCUT2D eigenvalue weighted by molar-refractivity contribution is 7.88. The summed E-state index contributed by atoms with van der Waals surface area (Å²) in [6, 6.07) is 5.42. The van der Waals surface area contributed by atoms with E-state index < -0.39 is 39.1 Å². The van der Waals surface area contributed by atoms with Crippen molar-refractivity contribution in [3.63, 3.8) is 0 Å². The normalized spacial score (nSPS) is 14.1. The Kier molecular flexibility index (Phi) is 6.14. The second-order valence-corrected chi connectivity index (χ2v) is 9.21. The highest BCUT2D eigenvalue weighted by Gasteiger charge is 2.49. The average molecular weight is 455 g/mol. The lowest BCUT2D eigenvalue weighted by Gasteiger charge is -2.28. The number of ether oxygens (including phenoxy) is 1. The largest absolute Gasteiger partial charge is 0.534 e. The number of hydrogen-bond acceptors (Lipinski definition) is 5. The van der Waals surface area contributed by atoms with Crippen molar-refractivity contribution >= 4 is 38.5 Å². The second-order valence-electron chi connectivity index (χ2n) is 7.23. The molecule has 0 aromatic heterocycles. The number of benzene rings is 2. The first-order valence-electron chi connectivity index (χ1n) is 8.17. The first-order chi connectivity index (χ1) is 13.0. The lowest BCUT2D eigenvalue weighted by molar-refractivity contribution is -0.160. The van der Waals surface area contributed by atoms with Crippen LogP contribution in [0, 0.1) is 6.92 Å².